The number of epoxide rings is 2. The summed E-state index contributed by atoms with van der Waals surface area (Å²) in [5.74, 6) is -0.414. The molecule has 2 aromatic carbocycles. The van der Waals surface area contributed by atoms with Gasteiger partial charge in [-0.3, -0.25) is 0 Å². The molecule has 6 heteroatoms. The zero-order chi connectivity index (χ0) is 21.3. The van der Waals surface area contributed by atoms with E-state index in [1.807, 2.05) is 38.1 Å². The standard InChI is InChI=1S/2C12H12O3/c2*1-7-9-5-14-11(13)8(9)3-4-10(7)12(2)6-15-12/h2*3-4H,5-6H2,1-2H3. The molecule has 0 bridgehead atoms. The van der Waals surface area contributed by atoms with Crippen molar-refractivity contribution in [2.45, 2.75) is 52.1 Å². The van der Waals surface area contributed by atoms with Gasteiger partial charge in [0.05, 0.1) is 24.3 Å². The van der Waals surface area contributed by atoms with Crippen molar-refractivity contribution in [1.29, 1.82) is 0 Å². The van der Waals surface area contributed by atoms with Crippen LogP contribution in [0.25, 0.3) is 0 Å². The summed E-state index contributed by atoms with van der Waals surface area (Å²) >= 11 is 0. The van der Waals surface area contributed by atoms with Crippen LogP contribution in [0, 0.1) is 13.8 Å². The first-order valence-corrected chi connectivity index (χ1v) is 10.1. The summed E-state index contributed by atoms with van der Waals surface area (Å²) in [5, 5.41) is 0. The van der Waals surface area contributed by atoms with Crippen molar-refractivity contribution in [3.05, 3.63) is 68.8 Å². The molecule has 6 rings (SSSR count). The van der Waals surface area contributed by atoms with Crippen LogP contribution in [-0.2, 0) is 43.4 Å². The van der Waals surface area contributed by atoms with Crippen LogP contribution in [-0.4, -0.2) is 25.2 Å². The van der Waals surface area contributed by atoms with Crippen LogP contribution in [0.2, 0.25) is 0 Å². The van der Waals surface area contributed by atoms with Crippen molar-refractivity contribution < 1.29 is 28.5 Å². The summed E-state index contributed by atoms with van der Waals surface area (Å²) in [6, 6.07) is 7.65. The van der Waals surface area contributed by atoms with E-state index in [4.69, 9.17) is 18.9 Å². The van der Waals surface area contributed by atoms with E-state index in [0.717, 1.165) is 35.5 Å². The van der Waals surface area contributed by atoms with Crippen molar-refractivity contribution in [1.82, 2.24) is 0 Å². The maximum atomic E-state index is 11.3. The van der Waals surface area contributed by atoms with Crippen molar-refractivity contribution in [2.75, 3.05) is 13.2 Å². The molecule has 4 aliphatic heterocycles. The molecule has 0 aliphatic carbocycles. The summed E-state index contributed by atoms with van der Waals surface area (Å²) in [6.07, 6.45) is 0. The third-order valence-corrected chi connectivity index (χ3v) is 6.63. The van der Waals surface area contributed by atoms with E-state index in [1.165, 1.54) is 11.1 Å². The Morgan fingerprint density at radius 3 is 1.40 bits per heavy atom. The van der Waals surface area contributed by atoms with E-state index in [1.54, 1.807) is 0 Å². The molecule has 2 unspecified atom stereocenters. The second kappa shape index (κ2) is 6.40. The first kappa shape index (κ1) is 19.3. The number of esters is 2. The Labute approximate surface area is 175 Å². The molecule has 4 heterocycles. The van der Waals surface area contributed by atoms with Crippen molar-refractivity contribution in [3.63, 3.8) is 0 Å². The van der Waals surface area contributed by atoms with Gasteiger partial charge in [-0.1, -0.05) is 12.1 Å². The van der Waals surface area contributed by atoms with Crippen LogP contribution in [0.3, 0.4) is 0 Å². The number of hydrogen-bond acceptors (Lipinski definition) is 6. The highest BCUT2D eigenvalue weighted by Crippen LogP contribution is 2.42. The van der Waals surface area contributed by atoms with Gasteiger partial charge < -0.3 is 18.9 Å². The lowest BCUT2D eigenvalue weighted by atomic mass is 9.91. The second-order valence-corrected chi connectivity index (χ2v) is 8.72. The molecular formula is C24H24O6. The zero-order valence-electron chi connectivity index (χ0n) is 17.6. The molecule has 0 aromatic heterocycles. The Bertz CT molecular complexity index is 1000. The van der Waals surface area contributed by atoms with Gasteiger partial charge in [0.25, 0.3) is 0 Å². The van der Waals surface area contributed by atoms with Crippen LogP contribution >= 0.6 is 0 Å². The average molecular weight is 408 g/mol. The van der Waals surface area contributed by atoms with Gasteiger partial charge in [-0.05, 0) is 62.1 Å². The van der Waals surface area contributed by atoms with E-state index in [0.29, 0.717) is 24.3 Å². The predicted octanol–water partition coefficient (Wildman–Crippen LogP) is 3.82. The van der Waals surface area contributed by atoms with E-state index < -0.39 is 0 Å². The van der Waals surface area contributed by atoms with E-state index >= 15 is 0 Å². The lowest BCUT2D eigenvalue weighted by Gasteiger charge is -2.11. The number of carbonyl (C=O) groups is 2. The van der Waals surface area contributed by atoms with Gasteiger partial charge in [0, 0.05) is 11.1 Å². The molecule has 30 heavy (non-hydrogen) atoms. The van der Waals surface area contributed by atoms with E-state index in [2.05, 4.69) is 13.8 Å². The second-order valence-electron chi connectivity index (χ2n) is 8.72. The van der Waals surface area contributed by atoms with Crippen molar-refractivity contribution in [2.24, 2.45) is 0 Å². The van der Waals surface area contributed by atoms with E-state index in [-0.39, 0.29) is 23.1 Å². The molecule has 0 N–H and O–H groups in total. The highest BCUT2D eigenvalue weighted by atomic mass is 16.6. The first-order valence-electron chi connectivity index (χ1n) is 10.1. The fourth-order valence-corrected chi connectivity index (χ4v) is 4.37. The topological polar surface area (TPSA) is 77.7 Å². The van der Waals surface area contributed by atoms with Gasteiger partial charge >= 0.3 is 11.9 Å². The van der Waals surface area contributed by atoms with E-state index in [9.17, 15) is 9.59 Å². The quantitative estimate of drug-likeness (QED) is 0.555. The van der Waals surface area contributed by atoms with Gasteiger partial charge in [0.1, 0.15) is 24.4 Å². The molecule has 0 radical (unpaired) electrons. The molecule has 2 aromatic rings. The normalized spacial score (nSPS) is 27.5. The minimum atomic E-state index is -0.207. The van der Waals surface area contributed by atoms with Crippen molar-refractivity contribution in [3.8, 4) is 0 Å². The van der Waals surface area contributed by atoms with Crippen LogP contribution in [0.1, 0.15) is 67.9 Å². The number of hydrogen-bond donors (Lipinski definition) is 0. The number of ether oxygens (including phenoxy) is 4. The number of benzene rings is 2. The number of fused-ring (bicyclic) bond motifs is 2. The largest absolute Gasteiger partial charge is 0.457 e. The fraction of sp³-hybridized carbons (Fsp3) is 0.417. The molecule has 0 spiro atoms. The highest BCUT2D eigenvalue weighted by Gasteiger charge is 2.44. The third-order valence-electron chi connectivity index (χ3n) is 6.63. The SMILES string of the molecule is Cc1c(C2(C)CO2)ccc2c1COC2=O.Cc1c(C2(C)CO2)ccc2c1COC2=O. The minimum Gasteiger partial charge on any atom is -0.457 e. The zero-order valence-corrected chi connectivity index (χ0v) is 17.6. The van der Waals surface area contributed by atoms with Gasteiger partial charge in [-0.2, -0.15) is 0 Å². The Morgan fingerprint density at radius 1 is 0.700 bits per heavy atom. The molecule has 4 aliphatic rings. The van der Waals surface area contributed by atoms with Gasteiger partial charge in [0.2, 0.25) is 0 Å². The summed E-state index contributed by atoms with van der Waals surface area (Å²) in [5.41, 5.74) is 7.83. The number of cyclic esters (lactones) is 2. The molecule has 2 fully saturated rings. The van der Waals surface area contributed by atoms with Crippen LogP contribution in [0.5, 0.6) is 0 Å². The van der Waals surface area contributed by atoms with Gasteiger partial charge in [0.15, 0.2) is 0 Å². The van der Waals surface area contributed by atoms with Gasteiger partial charge in [-0.25, -0.2) is 9.59 Å². The molecule has 2 atom stereocenters. The summed E-state index contributed by atoms with van der Waals surface area (Å²) < 4.78 is 20.9. The molecular weight excluding hydrogens is 384 g/mol. The predicted molar refractivity (Wildman–Crippen MR) is 107 cm³/mol. The lowest BCUT2D eigenvalue weighted by molar-refractivity contribution is 0.0526. The Balaban J connectivity index is 0.000000128. The molecule has 0 saturated carbocycles. The fourth-order valence-electron chi connectivity index (χ4n) is 4.37. The molecule has 156 valence electrons. The molecule has 0 amide bonds. The average Bonchev–Trinajstić information content (AvgIpc) is 3.57. The third kappa shape index (κ3) is 2.94. The maximum absolute atomic E-state index is 11.3. The molecule has 2 saturated heterocycles. The van der Waals surface area contributed by atoms with Crippen LogP contribution in [0.15, 0.2) is 24.3 Å². The lowest BCUT2D eigenvalue weighted by Crippen LogP contribution is -2.07. The number of rotatable bonds is 2. The first-order chi connectivity index (χ1) is 14.2. The van der Waals surface area contributed by atoms with Gasteiger partial charge in [-0.15, -0.1) is 0 Å². The smallest absolute Gasteiger partial charge is 0.338 e. The maximum Gasteiger partial charge on any atom is 0.338 e. The Hall–Kier alpha value is -2.70. The van der Waals surface area contributed by atoms with Crippen molar-refractivity contribution >= 4 is 11.9 Å². The number of carbonyl (C=O) groups excluding carboxylic acids is 2. The molecule has 6 nitrogen and oxygen atoms in total. The summed E-state index contributed by atoms with van der Waals surface area (Å²) in [6.45, 7) is 10.5. The Kier molecular flexibility index (Phi) is 4.11. The highest BCUT2D eigenvalue weighted by molar-refractivity contribution is 5.94. The Morgan fingerprint density at radius 2 is 1.07 bits per heavy atom. The summed E-state index contributed by atoms with van der Waals surface area (Å²) in [7, 11) is 0. The monoisotopic (exact) mass is 408 g/mol. The minimum absolute atomic E-state index is 0.134. The summed E-state index contributed by atoms with van der Waals surface area (Å²) in [4.78, 5) is 22.7. The van der Waals surface area contributed by atoms with Crippen LogP contribution < -0.4 is 0 Å². The van der Waals surface area contributed by atoms with Crippen LogP contribution in [0.4, 0.5) is 0 Å².